The van der Waals surface area contributed by atoms with Gasteiger partial charge < -0.3 is 9.30 Å². The van der Waals surface area contributed by atoms with Gasteiger partial charge in [-0.3, -0.25) is 14.2 Å². The van der Waals surface area contributed by atoms with Crippen molar-refractivity contribution in [3.05, 3.63) is 59.5 Å². The average molecular weight is 369 g/mol. The van der Waals surface area contributed by atoms with Crippen molar-refractivity contribution in [2.24, 2.45) is 7.05 Å². The van der Waals surface area contributed by atoms with Crippen LogP contribution in [-0.2, 0) is 23.1 Å². The standard InChI is InChI=1S/C19H19N3O3S/c1-4-10-22-18(24)17-16(20-19(22)26-12-15(23)25-3)14(11-21(17)2)13-8-6-5-7-9-13/h4-9,11H,1,10,12H2,2-3H3. The van der Waals surface area contributed by atoms with Gasteiger partial charge in [0.15, 0.2) is 5.16 Å². The maximum Gasteiger partial charge on any atom is 0.316 e. The van der Waals surface area contributed by atoms with Crippen molar-refractivity contribution in [2.45, 2.75) is 11.7 Å². The maximum absolute atomic E-state index is 13.0. The number of rotatable bonds is 6. The fourth-order valence-electron chi connectivity index (χ4n) is 2.76. The zero-order chi connectivity index (χ0) is 18.7. The zero-order valence-electron chi connectivity index (χ0n) is 14.6. The first-order valence-corrected chi connectivity index (χ1v) is 9.01. The van der Waals surface area contributed by atoms with E-state index in [0.29, 0.717) is 22.7 Å². The molecule has 0 unspecified atom stereocenters. The predicted octanol–water partition coefficient (Wildman–Crippen LogP) is 2.85. The van der Waals surface area contributed by atoms with Crippen molar-refractivity contribution < 1.29 is 9.53 Å². The van der Waals surface area contributed by atoms with Gasteiger partial charge in [-0.25, -0.2) is 4.98 Å². The Labute approximate surface area is 155 Å². The van der Waals surface area contributed by atoms with Crippen molar-refractivity contribution >= 4 is 28.8 Å². The highest BCUT2D eigenvalue weighted by Crippen LogP contribution is 2.29. The van der Waals surface area contributed by atoms with Gasteiger partial charge in [0.2, 0.25) is 0 Å². The molecule has 0 amide bonds. The fourth-order valence-corrected chi connectivity index (χ4v) is 3.60. The van der Waals surface area contributed by atoms with E-state index in [0.717, 1.165) is 11.1 Å². The van der Waals surface area contributed by atoms with Crippen LogP contribution in [0.15, 0.2) is 59.1 Å². The number of benzene rings is 1. The number of aromatic nitrogens is 3. The minimum atomic E-state index is -0.370. The number of nitrogens with zero attached hydrogens (tertiary/aromatic N) is 3. The summed E-state index contributed by atoms with van der Waals surface area (Å²) in [6.45, 7) is 4.03. The molecule has 3 aromatic rings. The molecule has 1 aromatic carbocycles. The number of carbonyl (C=O) groups excluding carboxylic acids is 1. The van der Waals surface area contributed by atoms with Gasteiger partial charge in [0, 0.05) is 25.4 Å². The zero-order valence-corrected chi connectivity index (χ0v) is 15.5. The third-order valence-electron chi connectivity index (χ3n) is 3.98. The summed E-state index contributed by atoms with van der Waals surface area (Å²) in [4.78, 5) is 29.3. The Morgan fingerprint density at radius 2 is 2.08 bits per heavy atom. The van der Waals surface area contributed by atoms with Crippen molar-refractivity contribution in [3.8, 4) is 11.1 Å². The van der Waals surface area contributed by atoms with Crippen LogP contribution >= 0.6 is 11.8 Å². The highest BCUT2D eigenvalue weighted by atomic mass is 32.2. The summed E-state index contributed by atoms with van der Waals surface area (Å²) in [7, 11) is 3.17. The number of hydrogen-bond acceptors (Lipinski definition) is 5. The Morgan fingerprint density at radius 3 is 2.73 bits per heavy atom. The van der Waals surface area contributed by atoms with Gasteiger partial charge in [-0.05, 0) is 5.56 Å². The van der Waals surface area contributed by atoms with Crippen LogP contribution in [0.5, 0.6) is 0 Å². The molecular formula is C19H19N3O3S. The Morgan fingerprint density at radius 1 is 1.35 bits per heavy atom. The van der Waals surface area contributed by atoms with Crippen LogP contribution in [0.4, 0.5) is 0 Å². The monoisotopic (exact) mass is 369 g/mol. The molecular weight excluding hydrogens is 350 g/mol. The number of fused-ring (bicyclic) bond motifs is 1. The number of aryl methyl sites for hydroxylation is 1. The first-order valence-electron chi connectivity index (χ1n) is 8.02. The summed E-state index contributed by atoms with van der Waals surface area (Å²) >= 11 is 1.18. The largest absolute Gasteiger partial charge is 0.468 e. The smallest absolute Gasteiger partial charge is 0.316 e. The summed E-state index contributed by atoms with van der Waals surface area (Å²) in [5.74, 6) is -0.287. The Kier molecular flexibility index (Phi) is 5.27. The molecule has 0 atom stereocenters. The highest BCUT2D eigenvalue weighted by molar-refractivity contribution is 7.99. The number of methoxy groups -OCH3 is 1. The second-order valence-corrected chi connectivity index (χ2v) is 6.62. The summed E-state index contributed by atoms with van der Waals surface area (Å²) < 4.78 is 8.01. The Balaban J connectivity index is 2.22. The van der Waals surface area contributed by atoms with Gasteiger partial charge in [-0.2, -0.15) is 0 Å². The third kappa shape index (κ3) is 3.30. The molecule has 0 aliphatic heterocycles. The number of esters is 1. The molecule has 2 heterocycles. The summed E-state index contributed by atoms with van der Waals surface area (Å²) in [6.07, 6.45) is 3.54. The van der Waals surface area contributed by atoms with E-state index in [1.54, 1.807) is 10.6 Å². The minimum absolute atomic E-state index is 0.0824. The van der Waals surface area contributed by atoms with E-state index >= 15 is 0 Å². The SMILES string of the molecule is C=CCn1c(SCC(=O)OC)nc2c(-c3ccccc3)cn(C)c2c1=O. The number of carbonyl (C=O) groups is 1. The van der Waals surface area contributed by atoms with Gasteiger partial charge in [0.1, 0.15) is 11.0 Å². The first-order chi connectivity index (χ1) is 12.6. The van der Waals surface area contributed by atoms with Gasteiger partial charge in [-0.1, -0.05) is 48.2 Å². The lowest BCUT2D eigenvalue weighted by molar-refractivity contribution is -0.137. The molecule has 2 aromatic heterocycles. The van der Waals surface area contributed by atoms with Crippen LogP contribution in [0.25, 0.3) is 22.2 Å². The molecule has 0 saturated heterocycles. The first kappa shape index (κ1) is 18.0. The lowest BCUT2D eigenvalue weighted by Gasteiger charge is -2.10. The fraction of sp³-hybridized carbons (Fsp3) is 0.211. The number of allylic oxidation sites excluding steroid dienone is 1. The van der Waals surface area contributed by atoms with Crippen molar-refractivity contribution in [1.29, 1.82) is 0 Å². The van der Waals surface area contributed by atoms with Crippen molar-refractivity contribution in [2.75, 3.05) is 12.9 Å². The molecule has 0 radical (unpaired) electrons. The molecule has 7 heteroatoms. The Hall–Kier alpha value is -2.80. The molecule has 0 bridgehead atoms. The average Bonchev–Trinajstić information content (AvgIpc) is 2.99. The van der Waals surface area contributed by atoms with Crippen LogP contribution in [0.3, 0.4) is 0 Å². The second kappa shape index (κ2) is 7.61. The lowest BCUT2D eigenvalue weighted by atomic mass is 10.1. The van der Waals surface area contributed by atoms with Crippen molar-refractivity contribution in [3.63, 3.8) is 0 Å². The van der Waals surface area contributed by atoms with Crippen LogP contribution in [0.2, 0.25) is 0 Å². The predicted molar refractivity (Wildman–Crippen MR) is 103 cm³/mol. The maximum atomic E-state index is 13.0. The Bertz CT molecular complexity index is 1020. The molecule has 6 nitrogen and oxygen atoms in total. The summed E-state index contributed by atoms with van der Waals surface area (Å²) in [6, 6.07) is 9.79. The highest BCUT2D eigenvalue weighted by Gasteiger charge is 2.18. The van der Waals surface area contributed by atoms with Crippen LogP contribution in [0, 0.1) is 0 Å². The number of hydrogen-bond donors (Lipinski definition) is 0. The van der Waals surface area contributed by atoms with E-state index in [4.69, 9.17) is 4.98 Å². The molecule has 134 valence electrons. The van der Waals surface area contributed by atoms with E-state index < -0.39 is 0 Å². The van der Waals surface area contributed by atoms with Gasteiger partial charge >= 0.3 is 5.97 Å². The van der Waals surface area contributed by atoms with Gasteiger partial charge in [-0.15, -0.1) is 6.58 Å². The van der Waals surface area contributed by atoms with Crippen LogP contribution in [0.1, 0.15) is 0 Å². The van der Waals surface area contributed by atoms with E-state index in [9.17, 15) is 9.59 Å². The van der Waals surface area contributed by atoms with Crippen LogP contribution in [-0.4, -0.2) is 33.0 Å². The van der Waals surface area contributed by atoms with E-state index in [-0.39, 0.29) is 17.3 Å². The van der Waals surface area contributed by atoms with Crippen LogP contribution < -0.4 is 5.56 Å². The van der Waals surface area contributed by atoms with E-state index in [1.807, 2.05) is 43.6 Å². The molecule has 0 N–H and O–H groups in total. The molecule has 0 aliphatic rings. The van der Waals surface area contributed by atoms with Crippen molar-refractivity contribution in [1.82, 2.24) is 14.1 Å². The summed E-state index contributed by atoms with van der Waals surface area (Å²) in [5.41, 5.74) is 2.85. The quantitative estimate of drug-likeness (QED) is 0.289. The summed E-state index contributed by atoms with van der Waals surface area (Å²) in [5, 5.41) is 0.469. The van der Waals surface area contributed by atoms with Gasteiger partial charge in [0.05, 0.1) is 12.9 Å². The normalized spacial score (nSPS) is 10.8. The molecule has 26 heavy (non-hydrogen) atoms. The molecule has 0 aliphatic carbocycles. The number of thioether (sulfide) groups is 1. The van der Waals surface area contributed by atoms with E-state index in [1.165, 1.54) is 23.4 Å². The molecule has 0 saturated carbocycles. The number of ether oxygens (including phenoxy) is 1. The minimum Gasteiger partial charge on any atom is -0.468 e. The third-order valence-corrected chi connectivity index (χ3v) is 4.93. The topological polar surface area (TPSA) is 66.1 Å². The van der Waals surface area contributed by atoms with E-state index in [2.05, 4.69) is 11.3 Å². The molecule has 3 rings (SSSR count). The second-order valence-electron chi connectivity index (χ2n) is 5.68. The molecule has 0 spiro atoms. The molecule has 0 fully saturated rings. The lowest BCUT2D eigenvalue weighted by Crippen LogP contribution is -2.24. The van der Waals surface area contributed by atoms with Gasteiger partial charge in [0.25, 0.3) is 5.56 Å².